The molecule has 3 aromatic carbocycles. The molecule has 4 aromatic rings. The number of hydrogen-bond donors (Lipinski definition) is 0. The summed E-state index contributed by atoms with van der Waals surface area (Å²) >= 11 is 0. The number of carbonyl (C=O) groups excluding carboxylic acids is 1. The molecule has 6 nitrogen and oxygen atoms in total. The molecule has 1 heterocycles. The van der Waals surface area contributed by atoms with Gasteiger partial charge < -0.3 is 18.9 Å². The molecule has 0 aliphatic carbocycles. The van der Waals surface area contributed by atoms with Gasteiger partial charge in [0.15, 0.2) is 0 Å². The normalized spacial score (nSPS) is 11.0. The second kappa shape index (κ2) is 10.2. The van der Waals surface area contributed by atoms with Crippen LogP contribution in [0.2, 0.25) is 0 Å². The summed E-state index contributed by atoms with van der Waals surface area (Å²) < 4.78 is 13.1. The molecular weight excluding hydrogens is 414 g/mol. The van der Waals surface area contributed by atoms with Crippen LogP contribution in [0.5, 0.6) is 11.5 Å². The smallest absolute Gasteiger partial charge is 0.243 e. The van der Waals surface area contributed by atoms with E-state index >= 15 is 0 Å². The van der Waals surface area contributed by atoms with E-state index in [1.54, 1.807) is 7.11 Å². The molecule has 0 fully saturated rings. The lowest BCUT2D eigenvalue weighted by atomic mass is 10.2. The maximum atomic E-state index is 13.4. The van der Waals surface area contributed by atoms with Crippen LogP contribution in [0.1, 0.15) is 25.2 Å². The van der Waals surface area contributed by atoms with Crippen molar-refractivity contribution in [3.05, 3.63) is 90.3 Å². The van der Waals surface area contributed by atoms with Crippen LogP contribution in [0.15, 0.2) is 78.9 Å². The predicted octanol–water partition coefficient (Wildman–Crippen LogP) is 5.06. The number of hydrogen-bond acceptors (Lipinski definition) is 4. The predicted molar refractivity (Wildman–Crippen MR) is 129 cm³/mol. The topological polar surface area (TPSA) is 56.6 Å². The number of fused-ring (bicyclic) bond motifs is 1. The Kier molecular flexibility index (Phi) is 6.93. The first kappa shape index (κ1) is 22.4. The van der Waals surface area contributed by atoms with Gasteiger partial charge in [-0.2, -0.15) is 0 Å². The van der Waals surface area contributed by atoms with Crippen molar-refractivity contribution in [3.63, 3.8) is 0 Å². The standard InChI is InChI=1S/C27H29N3O3/c1-20(2)29(17-21-9-5-4-6-10-21)27(31)18-30-25-12-8-7-11-24(25)28-26(30)19-33-23-15-13-22(32-3)14-16-23/h4-16,20H,17-19H2,1-3H3. The summed E-state index contributed by atoms with van der Waals surface area (Å²) in [5, 5.41) is 0. The molecule has 0 aliphatic heterocycles. The number of ether oxygens (including phenoxy) is 2. The van der Waals surface area contributed by atoms with Gasteiger partial charge in [0.05, 0.1) is 18.1 Å². The Morgan fingerprint density at radius 3 is 2.30 bits per heavy atom. The van der Waals surface area contributed by atoms with E-state index in [2.05, 4.69) is 0 Å². The molecular formula is C27H29N3O3. The Bertz CT molecular complexity index is 1200. The lowest BCUT2D eigenvalue weighted by Gasteiger charge is -2.27. The summed E-state index contributed by atoms with van der Waals surface area (Å²) in [7, 11) is 1.63. The van der Waals surface area contributed by atoms with Crippen molar-refractivity contribution in [2.24, 2.45) is 0 Å². The van der Waals surface area contributed by atoms with Crippen LogP contribution in [0.4, 0.5) is 0 Å². The van der Waals surface area contributed by atoms with Gasteiger partial charge in [0.1, 0.15) is 30.5 Å². The quantitative estimate of drug-likeness (QED) is 0.363. The molecule has 0 saturated carbocycles. The van der Waals surface area contributed by atoms with E-state index in [9.17, 15) is 4.79 Å². The van der Waals surface area contributed by atoms with Crippen LogP contribution >= 0.6 is 0 Å². The fourth-order valence-corrected chi connectivity index (χ4v) is 3.80. The molecule has 170 valence electrons. The van der Waals surface area contributed by atoms with Crippen LogP contribution in [-0.2, 0) is 24.5 Å². The van der Waals surface area contributed by atoms with Gasteiger partial charge in [-0.15, -0.1) is 0 Å². The van der Waals surface area contributed by atoms with Gasteiger partial charge in [-0.25, -0.2) is 4.98 Å². The SMILES string of the molecule is COc1ccc(OCc2nc3ccccc3n2CC(=O)N(Cc2ccccc2)C(C)C)cc1. The lowest BCUT2D eigenvalue weighted by molar-refractivity contribution is -0.134. The molecule has 0 unspecified atom stereocenters. The average molecular weight is 444 g/mol. The first-order valence-electron chi connectivity index (χ1n) is 11.1. The Morgan fingerprint density at radius 1 is 0.939 bits per heavy atom. The van der Waals surface area contributed by atoms with Crippen molar-refractivity contribution in [2.45, 2.75) is 39.6 Å². The third kappa shape index (κ3) is 5.34. The third-order valence-corrected chi connectivity index (χ3v) is 5.59. The fraction of sp³-hybridized carbons (Fsp3) is 0.259. The minimum absolute atomic E-state index is 0.0442. The number of carbonyl (C=O) groups is 1. The van der Waals surface area contributed by atoms with Gasteiger partial charge in [0.2, 0.25) is 5.91 Å². The molecule has 33 heavy (non-hydrogen) atoms. The highest BCUT2D eigenvalue weighted by Crippen LogP contribution is 2.21. The number of methoxy groups -OCH3 is 1. The second-order valence-corrected chi connectivity index (χ2v) is 8.17. The zero-order chi connectivity index (χ0) is 23.2. The lowest BCUT2D eigenvalue weighted by Crippen LogP contribution is -2.38. The molecule has 6 heteroatoms. The van der Waals surface area contributed by atoms with Gasteiger partial charge in [-0.1, -0.05) is 42.5 Å². The molecule has 0 radical (unpaired) electrons. The summed E-state index contributed by atoms with van der Waals surface area (Å²) in [5.74, 6) is 2.24. The Labute approximate surface area is 194 Å². The van der Waals surface area contributed by atoms with Crippen LogP contribution < -0.4 is 9.47 Å². The highest BCUT2D eigenvalue weighted by Gasteiger charge is 2.21. The van der Waals surface area contributed by atoms with Crippen molar-refractivity contribution >= 4 is 16.9 Å². The first-order chi connectivity index (χ1) is 16.0. The fourth-order valence-electron chi connectivity index (χ4n) is 3.80. The highest BCUT2D eigenvalue weighted by molar-refractivity contribution is 5.81. The minimum Gasteiger partial charge on any atom is -0.497 e. The summed E-state index contributed by atoms with van der Waals surface area (Å²) in [6, 6.07) is 25.4. The van der Waals surface area contributed by atoms with Crippen LogP contribution in [0.25, 0.3) is 11.0 Å². The van der Waals surface area contributed by atoms with Crippen LogP contribution in [0, 0.1) is 0 Å². The largest absolute Gasteiger partial charge is 0.497 e. The number of benzene rings is 3. The molecule has 4 rings (SSSR count). The molecule has 0 aliphatic rings. The number of amides is 1. The van der Waals surface area contributed by atoms with E-state index < -0.39 is 0 Å². The van der Waals surface area contributed by atoms with Gasteiger partial charge in [0.25, 0.3) is 0 Å². The monoisotopic (exact) mass is 443 g/mol. The van der Waals surface area contributed by atoms with Crippen molar-refractivity contribution in [1.29, 1.82) is 0 Å². The minimum atomic E-state index is 0.0442. The number of nitrogens with zero attached hydrogens (tertiary/aromatic N) is 3. The summed E-state index contributed by atoms with van der Waals surface area (Å²) in [5.41, 5.74) is 2.87. The summed E-state index contributed by atoms with van der Waals surface area (Å²) in [6.45, 7) is 5.12. The molecule has 1 amide bonds. The highest BCUT2D eigenvalue weighted by atomic mass is 16.5. The van der Waals surface area contributed by atoms with Gasteiger partial charge in [0, 0.05) is 12.6 Å². The molecule has 0 atom stereocenters. The molecule has 0 spiro atoms. The van der Waals surface area contributed by atoms with Crippen molar-refractivity contribution in [3.8, 4) is 11.5 Å². The van der Waals surface area contributed by atoms with Crippen molar-refractivity contribution in [2.75, 3.05) is 7.11 Å². The number of rotatable bonds is 9. The maximum absolute atomic E-state index is 13.4. The molecule has 0 bridgehead atoms. The molecule has 0 saturated heterocycles. The van der Waals surface area contributed by atoms with E-state index in [0.29, 0.717) is 18.1 Å². The summed E-state index contributed by atoms with van der Waals surface area (Å²) in [6.07, 6.45) is 0. The van der Waals surface area contributed by atoms with E-state index in [1.165, 1.54) is 0 Å². The molecule has 0 N–H and O–H groups in total. The van der Waals surface area contributed by atoms with E-state index in [-0.39, 0.29) is 25.1 Å². The number of para-hydroxylation sites is 2. The molecule has 1 aromatic heterocycles. The average Bonchev–Trinajstić information content (AvgIpc) is 3.19. The van der Waals surface area contributed by atoms with Crippen molar-refractivity contribution in [1.82, 2.24) is 14.5 Å². The number of imidazole rings is 1. The van der Waals surface area contributed by atoms with Gasteiger partial charge in [-0.3, -0.25) is 4.79 Å². The van der Waals surface area contributed by atoms with E-state index in [1.807, 2.05) is 102 Å². The van der Waals surface area contributed by atoms with E-state index in [0.717, 1.165) is 22.3 Å². The van der Waals surface area contributed by atoms with Gasteiger partial charge >= 0.3 is 0 Å². The van der Waals surface area contributed by atoms with Crippen molar-refractivity contribution < 1.29 is 14.3 Å². The zero-order valence-corrected chi connectivity index (χ0v) is 19.3. The first-order valence-corrected chi connectivity index (χ1v) is 11.1. The number of aromatic nitrogens is 2. The van der Waals surface area contributed by atoms with E-state index in [4.69, 9.17) is 14.5 Å². The Balaban J connectivity index is 1.56. The zero-order valence-electron chi connectivity index (χ0n) is 19.3. The van der Waals surface area contributed by atoms with Gasteiger partial charge in [-0.05, 0) is 55.8 Å². The second-order valence-electron chi connectivity index (χ2n) is 8.17. The summed E-state index contributed by atoms with van der Waals surface area (Å²) in [4.78, 5) is 20.1. The third-order valence-electron chi connectivity index (χ3n) is 5.59. The Morgan fingerprint density at radius 2 is 1.61 bits per heavy atom. The Hall–Kier alpha value is -3.80. The maximum Gasteiger partial charge on any atom is 0.243 e. The van der Waals surface area contributed by atoms with Crippen LogP contribution in [0.3, 0.4) is 0 Å². The van der Waals surface area contributed by atoms with Crippen LogP contribution in [-0.4, -0.2) is 33.5 Å².